The largest absolute Gasteiger partial charge is 0.486 e. The molecule has 82 valence electrons. The lowest BCUT2D eigenvalue weighted by molar-refractivity contribution is 0.169. The number of halogens is 2. The first-order chi connectivity index (χ1) is 7.24. The van der Waals surface area contributed by atoms with Crippen molar-refractivity contribution in [2.45, 2.75) is 6.42 Å². The summed E-state index contributed by atoms with van der Waals surface area (Å²) in [6, 6.07) is 1.35. The fourth-order valence-electron chi connectivity index (χ4n) is 1.53. The van der Waals surface area contributed by atoms with Crippen molar-refractivity contribution < 1.29 is 13.9 Å². The standard InChI is InChI=1S/C10H11BrFNO2/c11-9-6(1-2-13)7(12)5-8-10(9)15-4-3-14-8/h5H,1-4,13H2. The van der Waals surface area contributed by atoms with Crippen molar-refractivity contribution in [3.8, 4) is 11.5 Å². The molecule has 1 aliphatic heterocycles. The summed E-state index contributed by atoms with van der Waals surface area (Å²) >= 11 is 3.32. The molecule has 0 aromatic heterocycles. The van der Waals surface area contributed by atoms with Gasteiger partial charge in [0.25, 0.3) is 0 Å². The summed E-state index contributed by atoms with van der Waals surface area (Å²) in [6.45, 7) is 1.34. The molecule has 2 rings (SSSR count). The first-order valence-electron chi connectivity index (χ1n) is 4.70. The molecule has 15 heavy (non-hydrogen) atoms. The van der Waals surface area contributed by atoms with E-state index in [-0.39, 0.29) is 5.82 Å². The summed E-state index contributed by atoms with van der Waals surface area (Å²) in [5, 5.41) is 0. The second-order valence-electron chi connectivity index (χ2n) is 3.21. The van der Waals surface area contributed by atoms with Crippen LogP contribution in [0.3, 0.4) is 0 Å². The third-order valence-corrected chi connectivity index (χ3v) is 3.05. The Morgan fingerprint density at radius 2 is 2.13 bits per heavy atom. The van der Waals surface area contributed by atoms with E-state index in [9.17, 15) is 4.39 Å². The molecule has 0 aliphatic carbocycles. The number of nitrogens with two attached hydrogens (primary N) is 1. The fraction of sp³-hybridized carbons (Fsp3) is 0.400. The second kappa shape index (κ2) is 4.37. The highest BCUT2D eigenvalue weighted by atomic mass is 79.9. The summed E-state index contributed by atoms with van der Waals surface area (Å²) in [6.07, 6.45) is 0.475. The zero-order chi connectivity index (χ0) is 10.8. The summed E-state index contributed by atoms with van der Waals surface area (Å²) in [5.41, 5.74) is 5.96. The zero-order valence-electron chi connectivity index (χ0n) is 8.06. The van der Waals surface area contributed by atoms with Crippen LogP contribution in [0.2, 0.25) is 0 Å². The van der Waals surface area contributed by atoms with Crippen molar-refractivity contribution in [3.63, 3.8) is 0 Å². The molecule has 0 radical (unpaired) electrons. The predicted molar refractivity (Wildman–Crippen MR) is 57.8 cm³/mol. The van der Waals surface area contributed by atoms with Crippen molar-refractivity contribution in [2.24, 2.45) is 5.73 Å². The third kappa shape index (κ3) is 1.94. The molecule has 1 aliphatic rings. The normalized spacial score (nSPS) is 14.1. The lowest BCUT2D eigenvalue weighted by atomic mass is 10.1. The molecule has 1 aromatic carbocycles. The van der Waals surface area contributed by atoms with Gasteiger partial charge in [-0.3, -0.25) is 0 Å². The van der Waals surface area contributed by atoms with E-state index >= 15 is 0 Å². The maximum atomic E-state index is 13.6. The van der Waals surface area contributed by atoms with E-state index in [0.717, 1.165) is 0 Å². The minimum atomic E-state index is -0.309. The molecular formula is C10H11BrFNO2. The Hall–Kier alpha value is -0.810. The van der Waals surface area contributed by atoms with E-state index < -0.39 is 0 Å². The monoisotopic (exact) mass is 275 g/mol. The lowest BCUT2D eigenvalue weighted by Gasteiger charge is -2.21. The van der Waals surface area contributed by atoms with E-state index in [1.807, 2.05) is 0 Å². The van der Waals surface area contributed by atoms with Crippen molar-refractivity contribution in [2.75, 3.05) is 19.8 Å². The van der Waals surface area contributed by atoms with Crippen LogP contribution in [-0.2, 0) is 6.42 Å². The Balaban J connectivity index is 2.49. The molecule has 0 fully saturated rings. The van der Waals surface area contributed by atoms with Gasteiger partial charge in [0, 0.05) is 11.6 Å². The van der Waals surface area contributed by atoms with Crippen LogP contribution in [0.25, 0.3) is 0 Å². The first kappa shape index (κ1) is 10.7. The number of fused-ring (bicyclic) bond motifs is 1. The van der Waals surface area contributed by atoms with Gasteiger partial charge in [0.2, 0.25) is 0 Å². The van der Waals surface area contributed by atoms with Crippen LogP contribution in [-0.4, -0.2) is 19.8 Å². The Bertz CT molecular complexity index is 384. The van der Waals surface area contributed by atoms with Crippen LogP contribution in [0.4, 0.5) is 4.39 Å². The van der Waals surface area contributed by atoms with Gasteiger partial charge < -0.3 is 15.2 Å². The molecule has 2 N–H and O–H groups in total. The number of ether oxygens (including phenoxy) is 2. The topological polar surface area (TPSA) is 44.5 Å². The van der Waals surface area contributed by atoms with Crippen molar-refractivity contribution >= 4 is 15.9 Å². The van der Waals surface area contributed by atoms with Crippen LogP contribution in [0, 0.1) is 5.82 Å². The summed E-state index contributed by atoms with van der Waals surface area (Å²) in [5.74, 6) is 0.717. The Morgan fingerprint density at radius 3 is 2.87 bits per heavy atom. The van der Waals surface area contributed by atoms with Crippen LogP contribution in [0.15, 0.2) is 10.5 Å². The Morgan fingerprint density at radius 1 is 1.40 bits per heavy atom. The molecule has 0 bridgehead atoms. The van der Waals surface area contributed by atoms with Crippen LogP contribution < -0.4 is 15.2 Å². The number of hydrogen-bond donors (Lipinski definition) is 1. The van der Waals surface area contributed by atoms with Crippen LogP contribution in [0.1, 0.15) is 5.56 Å². The van der Waals surface area contributed by atoms with Gasteiger partial charge in [0.1, 0.15) is 19.0 Å². The van der Waals surface area contributed by atoms with E-state index in [1.165, 1.54) is 6.07 Å². The van der Waals surface area contributed by atoms with Gasteiger partial charge in [-0.05, 0) is 28.9 Å². The first-order valence-corrected chi connectivity index (χ1v) is 5.50. The van der Waals surface area contributed by atoms with Crippen LogP contribution >= 0.6 is 15.9 Å². The van der Waals surface area contributed by atoms with Crippen molar-refractivity contribution in [3.05, 3.63) is 21.9 Å². The zero-order valence-corrected chi connectivity index (χ0v) is 9.64. The van der Waals surface area contributed by atoms with E-state index in [4.69, 9.17) is 15.2 Å². The minimum absolute atomic E-state index is 0.309. The molecule has 5 heteroatoms. The molecule has 3 nitrogen and oxygen atoms in total. The SMILES string of the molecule is NCCc1c(F)cc2c(c1Br)OCCO2. The van der Waals surface area contributed by atoms with Gasteiger partial charge in [-0.25, -0.2) is 4.39 Å². The maximum Gasteiger partial charge on any atom is 0.176 e. The second-order valence-corrected chi connectivity index (χ2v) is 4.01. The number of benzene rings is 1. The molecule has 0 atom stereocenters. The predicted octanol–water partition coefficient (Wildman–Crippen LogP) is 1.86. The number of rotatable bonds is 2. The highest BCUT2D eigenvalue weighted by molar-refractivity contribution is 9.10. The molecule has 0 spiro atoms. The van der Waals surface area contributed by atoms with E-state index in [0.29, 0.717) is 47.7 Å². The molecule has 0 unspecified atom stereocenters. The molecule has 1 aromatic rings. The Kier molecular flexibility index (Phi) is 3.11. The average molecular weight is 276 g/mol. The van der Waals surface area contributed by atoms with Gasteiger partial charge in [0.05, 0.1) is 4.47 Å². The van der Waals surface area contributed by atoms with Gasteiger partial charge in [-0.1, -0.05) is 0 Å². The van der Waals surface area contributed by atoms with E-state index in [1.54, 1.807) is 0 Å². The summed E-state index contributed by atoms with van der Waals surface area (Å²) in [7, 11) is 0. The molecular weight excluding hydrogens is 265 g/mol. The van der Waals surface area contributed by atoms with Crippen molar-refractivity contribution in [1.82, 2.24) is 0 Å². The Labute approximate surface area is 95.5 Å². The highest BCUT2D eigenvalue weighted by Gasteiger charge is 2.21. The third-order valence-electron chi connectivity index (χ3n) is 2.22. The van der Waals surface area contributed by atoms with Crippen molar-refractivity contribution in [1.29, 1.82) is 0 Å². The van der Waals surface area contributed by atoms with Gasteiger partial charge in [0.15, 0.2) is 11.5 Å². The molecule has 1 heterocycles. The number of hydrogen-bond acceptors (Lipinski definition) is 3. The minimum Gasteiger partial charge on any atom is -0.486 e. The fourth-order valence-corrected chi connectivity index (χ4v) is 2.23. The summed E-state index contributed by atoms with van der Waals surface area (Å²) < 4.78 is 24.9. The molecule has 0 saturated heterocycles. The smallest absolute Gasteiger partial charge is 0.176 e. The lowest BCUT2D eigenvalue weighted by Crippen LogP contribution is -2.17. The summed E-state index contributed by atoms with van der Waals surface area (Å²) in [4.78, 5) is 0. The van der Waals surface area contributed by atoms with Gasteiger partial charge >= 0.3 is 0 Å². The quantitative estimate of drug-likeness (QED) is 0.896. The maximum absolute atomic E-state index is 13.6. The van der Waals surface area contributed by atoms with E-state index in [2.05, 4.69) is 15.9 Å². The van der Waals surface area contributed by atoms with Gasteiger partial charge in [-0.2, -0.15) is 0 Å². The highest BCUT2D eigenvalue weighted by Crippen LogP contribution is 2.41. The van der Waals surface area contributed by atoms with Crippen LogP contribution in [0.5, 0.6) is 11.5 Å². The molecule has 0 amide bonds. The average Bonchev–Trinajstić information content (AvgIpc) is 2.24. The van der Waals surface area contributed by atoms with Gasteiger partial charge in [-0.15, -0.1) is 0 Å². The molecule has 0 saturated carbocycles.